The Morgan fingerprint density at radius 1 is 1.32 bits per heavy atom. The molecule has 2 N–H and O–H groups in total. The maximum absolute atomic E-state index is 4.74. The van der Waals surface area contributed by atoms with Gasteiger partial charge in [0.1, 0.15) is 5.82 Å². The Bertz CT molecular complexity index is 752. The second-order valence-electron chi connectivity index (χ2n) is 6.15. The van der Waals surface area contributed by atoms with Crippen molar-refractivity contribution in [1.29, 1.82) is 0 Å². The van der Waals surface area contributed by atoms with Gasteiger partial charge in [0.25, 0.3) is 0 Å². The zero-order chi connectivity index (χ0) is 17.6. The van der Waals surface area contributed by atoms with Crippen LogP contribution in [0.4, 0.5) is 0 Å². The molecule has 0 fully saturated rings. The van der Waals surface area contributed by atoms with Gasteiger partial charge in [0.2, 0.25) is 0 Å². The maximum Gasteiger partial charge on any atom is 0.191 e. The minimum Gasteiger partial charge on any atom is -0.357 e. The van der Waals surface area contributed by atoms with Gasteiger partial charge in [-0.1, -0.05) is 12.1 Å². The molecular weight excluding hydrogens is 332 g/mol. The summed E-state index contributed by atoms with van der Waals surface area (Å²) in [6, 6.07) is 6.53. The SMILES string of the molecule is CCNC(=NCc1ccc(C)cc1SC)NCc1nnc2n1CCC2. The van der Waals surface area contributed by atoms with Gasteiger partial charge in [0.05, 0.1) is 13.1 Å². The van der Waals surface area contributed by atoms with E-state index in [1.54, 1.807) is 11.8 Å². The second-order valence-corrected chi connectivity index (χ2v) is 7.00. The van der Waals surface area contributed by atoms with E-state index in [-0.39, 0.29) is 0 Å². The highest BCUT2D eigenvalue weighted by Gasteiger charge is 2.17. The quantitative estimate of drug-likeness (QED) is 0.472. The zero-order valence-electron chi connectivity index (χ0n) is 15.2. The lowest BCUT2D eigenvalue weighted by molar-refractivity contribution is 0.663. The first-order valence-electron chi connectivity index (χ1n) is 8.78. The van der Waals surface area contributed by atoms with Crippen LogP contribution < -0.4 is 10.6 Å². The summed E-state index contributed by atoms with van der Waals surface area (Å²) in [7, 11) is 0. The van der Waals surface area contributed by atoms with Crippen LogP contribution in [0.5, 0.6) is 0 Å². The van der Waals surface area contributed by atoms with Gasteiger partial charge in [-0.05, 0) is 43.7 Å². The molecule has 2 aromatic rings. The number of aromatic nitrogens is 3. The van der Waals surface area contributed by atoms with E-state index in [0.29, 0.717) is 13.1 Å². The molecule has 1 aliphatic rings. The minimum absolute atomic E-state index is 0.641. The Balaban J connectivity index is 1.67. The summed E-state index contributed by atoms with van der Waals surface area (Å²) in [6.07, 6.45) is 4.31. The Morgan fingerprint density at radius 2 is 2.20 bits per heavy atom. The molecule has 6 nitrogen and oxygen atoms in total. The van der Waals surface area contributed by atoms with E-state index in [1.165, 1.54) is 16.0 Å². The summed E-state index contributed by atoms with van der Waals surface area (Å²) in [4.78, 5) is 6.03. The van der Waals surface area contributed by atoms with Gasteiger partial charge >= 0.3 is 0 Å². The van der Waals surface area contributed by atoms with Gasteiger partial charge < -0.3 is 15.2 Å². The summed E-state index contributed by atoms with van der Waals surface area (Å²) in [5.41, 5.74) is 2.53. The number of rotatable bonds is 6. The van der Waals surface area contributed by atoms with Crippen LogP contribution in [0.2, 0.25) is 0 Å². The number of guanidine groups is 1. The summed E-state index contributed by atoms with van der Waals surface area (Å²) < 4.78 is 2.21. The molecule has 3 rings (SSSR count). The summed E-state index contributed by atoms with van der Waals surface area (Å²) >= 11 is 1.77. The number of thioether (sulfide) groups is 1. The molecule has 0 spiro atoms. The van der Waals surface area contributed by atoms with Crippen LogP contribution in [-0.4, -0.2) is 33.5 Å². The highest BCUT2D eigenvalue weighted by molar-refractivity contribution is 7.98. The highest BCUT2D eigenvalue weighted by atomic mass is 32.2. The molecule has 0 radical (unpaired) electrons. The Labute approximate surface area is 153 Å². The lowest BCUT2D eigenvalue weighted by atomic mass is 10.1. The maximum atomic E-state index is 4.74. The Hall–Kier alpha value is -2.02. The average Bonchev–Trinajstić information content (AvgIpc) is 3.22. The number of aryl methyl sites for hydroxylation is 2. The lowest BCUT2D eigenvalue weighted by Gasteiger charge is -2.12. The van der Waals surface area contributed by atoms with E-state index >= 15 is 0 Å². The molecule has 134 valence electrons. The van der Waals surface area contributed by atoms with Gasteiger partial charge in [-0.3, -0.25) is 0 Å². The van der Waals surface area contributed by atoms with E-state index in [1.807, 2.05) is 0 Å². The van der Waals surface area contributed by atoms with E-state index < -0.39 is 0 Å². The minimum atomic E-state index is 0.641. The highest BCUT2D eigenvalue weighted by Crippen LogP contribution is 2.22. The number of benzene rings is 1. The van der Waals surface area contributed by atoms with Crippen LogP contribution in [0.3, 0.4) is 0 Å². The molecule has 1 aliphatic heterocycles. The van der Waals surface area contributed by atoms with E-state index in [4.69, 9.17) is 4.99 Å². The predicted octanol–water partition coefficient (Wildman–Crippen LogP) is 2.51. The first-order chi connectivity index (χ1) is 12.2. The van der Waals surface area contributed by atoms with Gasteiger partial charge in [-0.25, -0.2) is 4.99 Å². The van der Waals surface area contributed by atoms with Crippen molar-refractivity contribution in [3.63, 3.8) is 0 Å². The molecule has 1 aromatic heterocycles. The zero-order valence-corrected chi connectivity index (χ0v) is 16.0. The smallest absolute Gasteiger partial charge is 0.191 e. The first kappa shape index (κ1) is 17.8. The van der Waals surface area contributed by atoms with E-state index in [9.17, 15) is 0 Å². The molecule has 0 atom stereocenters. The van der Waals surface area contributed by atoms with Crippen molar-refractivity contribution in [2.24, 2.45) is 4.99 Å². The lowest BCUT2D eigenvalue weighted by Crippen LogP contribution is -2.37. The van der Waals surface area contributed by atoms with Crippen molar-refractivity contribution in [1.82, 2.24) is 25.4 Å². The van der Waals surface area contributed by atoms with Crippen molar-refractivity contribution in [2.45, 2.75) is 51.2 Å². The molecule has 7 heteroatoms. The largest absolute Gasteiger partial charge is 0.357 e. The molecule has 0 unspecified atom stereocenters. The number of fused-ring (bicyclic) bond motifs is 1. The average molecular weight is 359 g/mol. The fraction of sp³-hybridized carbons (Fsp3) is 0.500. The number of nitrogens with one attached hydrogen (secondary N) is 2. The predicted molar refractivity (Wildman–Crippen MR) is 103 cm³/mol. The van der Waals surface area contributed by atoms with Crippen molar-refractivity contribution in [2.75, 3.05) is 12.8 Å². The topological polar surface area (TPSA) is 67.1 Å². The van der Waals surface area contributed by atoms with Crippen LogP contribution in [0.15, 0.2) is 28.1 Å². The van der Waals surface area contributed by atoms with Crippen molar-refractivity contribution < 1.29 is 0 Å². The standard InChI is InChI=1S/C18H26N6S/c1-4-19-18(20-11-14-8-7-13(2)10-15(14)25-3)21-12-17-23-22-16-6-5-9-24(16)17/h7-8,10H,4-6,9,11-12H2,1-3H3,(H2,19,20,21). The first-order valence-corrected chi connectivity index (χ1v) is 10.0. The number of nitrogens with zero attached hydrogens (tertiary/aromatic N) is 4. The molecule has 0 amide bonds. The van der Waals surface area contributed by atoms with Crippen LogP contribution >= 0.6 is 11.8 Å². The van der Waals surface area contributed by atoms with E-state index in [2.05, 4.69) is 63.7 Å². The normalized spacial score (nSPS) is 13.8. The summed E-state index contributed by atoms with van der Waals surface area (Å²) in [5.74, 6) is 2.90. The van der Waals surface area contributed by atoms with Crippen LogP contribution in [0.1, 0.15) is 36.1 Å². The molecule has 1 aromatic carbocycles. The molecule has 2 heterocycles. The Kier molecular flexibility index (Phi) is 5.96. The molecule has 0 aliphatic carbocycles. The monoisotopic (exact) mass is 358 g/mol. The number of hydrogen-bond donors (Lipinski definition) is 2. The van der Waals surface area contributed by atoms with Crippen LogP contribution in [0.25, 0.3) is 0 Å². The number of aliphatic imine (C=N–C) groups is 1. The molecule has 25 heavy (non-hydrogen) atoms. The summed E-state index contributed by atoms with van der Waals surface area (Å²) in [6.45, 7) is 7.34. The van der Waals surface area contributed by atoms with Gasteiger partial charge in [-0.15, -0.1) is 22.0 Å². The van der Waals surface area contributed by atoms with Crippen LogP contribution in [0, 0.1) is 6.92 Å². The van der Waals surface area contributed by atoms with Crippen molar-refractivity contribution in [3.05, 3.63) is 41.0 Å². The van der Waals surface area contributed by atoms with Gasteiger partial charge in [0, 0.05) is 24.4 Å². The third-order valence-electron chi connectivity index (χ3n) is 4.29. The number of hydrogen-bond acceptors (Lipinski definition) is 4. The van der Waals surface area contributed by atoms with Gasteiger partial charge in [0.15, 0.2) is 11.8 Å². The van der Waals surface area contributed by atoms with Gasteiger partial charge in [-0.2, -0.15) is 0 Å². The Morgan fingerprint density at radius 3 is 3.00 bits per heavy atom. The van der Waals surface area contributed by atoms with E-state index in [0.717, 1.165) is 43.5 Å². The molecular formula is C18H26N6S. The molecule has 0 saturated carbocycles. The molecule has 0 bridgehead atoms. The third-order valence-corrected chi connectivity index (χ3v) is 5.11. The fourth-order valence-electron chi connectivity index (χ4n) is 2.99. The fourth-order valence-corrected chi connectivity index (χ4v) is 3.69. The van der Waals surface area contributed by atoms with Crippen molar-refractivity contribution >= 4 is 17.7 Å². The van der Waals surface area contributed by atoms with Crippen LogP contribution in [-0.2, 0) is 26.1 Å². The second kappa shape index (κ2) is 8.38. The van der Waals surface area contributed by atoms with Crippen molar-refractivity contribution in [3.8, 4) is 0 Å². The third kappa shape index (κ3) is 4.34. The molecule has 0 saturated heterocycles. The summed E-state index contributed by atoms with van der Waals surface area (Å²) in [5, 5.41) is 15.2.